The number of rotatable bonds is 5. The number of hydrogen-bond donors (Lipinski definition) is 2. The first-order valence-corrected chi connectivity index (χ1v) is 7.48. The highest BCUT2D eigenvalue weighted by atomic mass is 19.1. The van der Waals surface area contributed by atoms with Gasteiger partial charge in [0.05, 0.1) is 0 Å². The largest absolute Gasteiger partial charge is 0.505 e. The molecule has 1 aromatic rings. The summed E-state index contributed by atoms with van der Waals surface area (Å²) in [6, 6.07) is 5.11. The summed E-state index contributed by atoms with van der Waals surface area (Å²) >= 11 is 0. The van der Waals surface area contributed by atoms with E-state index in [2.05, 4.69) is 24.1 Å². The Kier molecular flexibility index (Phi) is 5.38. The van der Waals surface area contributed by atoms with E-state index in [0.29, 0.717) is 6.04 Å². The second kappa shape index (κ2) is 7.04. The molecule has 0 amide bonds. The topological polar surface area (TPSA) is 35.5 Å². The molecule has 1 aliphatic heterocycles. The summed E-state index contributed by atoms with van der Waals surface area (Å²) in [6.07, 6.45) is 2.43. The van der Waals surface area contributed by atoms with Gasteiger partial charge in [-0.3, -0.25) is 4.90 Å². The van der Waals surface area contributed by atoms with Crippen LogP contribution in [0.1, 0.15) is 32.3 Å². The van der Waals surface area contributed by atoms with Crippen LogP contribution in [0.15, 0.2) is 18.2 Å². The highest BCUT2D eigenvalue weighted by molar-refractivity contribution is 5.28. The van der Waals surface area contributed by atoms with Crippen molar-refractivity contribution in [2.24, 2.45) is 5.92 Å². The number of benzene rings is 1. The van der Waals surface area contributed by atoms with Crippen molar-refractivity contribution in [2.45, 2.75) is 39.3 Å². The number of nitrogens with zero attached hydrogens (tertiary/aromatic N) is 1. The molecule has 0 atom stereocenters. The first kappa shape index (κ1) is 15.3. The summed E-state index contributed by atoms with van der Waals surface area (Å²) in [4.78, 5) is 2.39. The van der Waals surface area contributed by atoms with Crippen LogP contribution in [-0.4, -0.2) is 35.7 Å². The lowest BCUT2D eigenvalue weighted by molar-refractivity contribution is 0.161. The molecule has 1 saturated heterocycles. The lowest BCUT2D eigenvalue weighted by atomic mass is 9.96. The Morgan fingerprint density at radius 2 is 2.05 bits per heavy atom. The minimum absolute atomic E-state index is 0.275. The van der Waals surface area contributed by atoms with Crippen molar-refractivity contribution < 1.29 is 9.50 Å². The molecular formula is C16H25FN2O. The number of hydrogen-bond acceptors (Lipinski definition) is 3. The van der Waals surface area contributed by atoms with Crippen molar-refractivity contribution in [2.75, 3.05) is 19.6 Å². The Morgan fingerprint density at radius 3 is 2.65 bits per heavy atom. The highest BCUT2D eigenvalue weighted by Gasteiger charge is 2.19. The van der Waals surface area contributed by atoms with Gasteiger partial charge in [0.15, 0.2) is 11.6 Å². The smallest absolute Gasteiger partial charge is 0.165 e. The molecule has 4 heteroatoms. The molecule has 2 N–H and O–H groups in total. The molecule has 2 rings (SSSR count). The monoisotopic (exact) mass is 280 g/mol. The fourth-order valence-corrected chi connectivity index (χ4v) is 2.74. The lowest BCUT2D eigenvalue weighted by Gasteiger charge is -2.32. The van der Waals surface area contributed by atoms with E-state index in [1.165, 1.54) is 25.0 Å². The average molecular weight is 280 g/mol. The van der Waals surface area contributed by atoms with Crippen LogP contribution >= 0.6 is 0 Å². The van der Waals surface area contributed by atoms with Crippen LogP contribution in [0, 0.1) is 11.7 Å². The number of phenols is 1. The summed E-state index contributed by atoms with van der Waals surface area (Å²) in [5.74, 6) is -0.0862. The van der Waals surface area contributed by atoms with Gasteiger partial charge in [0.2, 0.25) is 0 Å². The third-order valence-electron chi connectivity index (χ3n) is 4.08. The minimum Gasteiger partial charge on any atom is -0.505 e. The Morgan fingerprint density at radius 1 is 1.35 bits per heavy atom. The molecule has 0 unspecified atom stereocenters. The van der Waals surface area contributed by atoms with Gasteiger partial charge in [-0.25, -0.2) is 4.39 Å². The first-order valence-electron chi connectivity index (χ1n) is 7.48. The average Bonchev–Trinajstić information content (AvgIpc) is 2.43. The zero-order valence-corrected chi connectivity index (χ0v) is 12.4. The SMILES string of the molecule is CC(C)N(Cc1ccc(O)c(F)c1)CC1CCNCC1. The number of nitrogens with one attached hydrogen (secondary N) is 1. The van der Waals surface area contributed by atoms with E-state index in [1.54, 1.807) is 6.07 Å². The van der Waals surface area contributed by atoms with Gasteiger partial charge in [-0.1, -0.05) is 6.07 Å². The third kappa shape index (κ3) is 4.18. The van der Waals surface area contributed by atoms with Crippen molar-refractivity contribution in [3.63, 3.8) is 0 Å². The Bertz CT molecular complexity index is 430. The van der Waals surface area contributed by atoms with E-state index in [4.69, 9.17) is 0 Å². The summed E-state index contributed by atoms with van der Waals surface area (Å²) in [5, 5.41) is 12.6. The van der Waals surface area contributed by atoms with E-state index in [-0.39, 0.29) is 5.75 Å². The van der Waals surface area contributed by atoms with Crippen LogP contribution in [0.25, 0.3) is 0 Å². The van der Waals surface area contributed by atoms with Crippen LogP contribution < -0.4 is 5.32 Å². The van der Waals surface area contributed by atoms with Gasteiger partial charge in [0, 0.05) is 19.1 Å². The quantitative estimate of drug-likeness (QED) is 0.870. The molecule has 1 heterocycles. The summed E-state index contributed by atoms with van der Waals surface area (Å²) < 4.78 is 13.4. The standard InChI is InChI=1S/C16H25FN2O/c1-12(2)19(10-13-5-7-18-8-6-13)11-14-3-4-16(20)15(17)9-14/h3-4,9,12-13,18,20H,5-8,10-11H2,1-2H3. The van der Waals surface area contributed by atoms with Gasteiger partial charge in [-0.05, 0) is 63.4 Å². The molecule has 1 fully saturated rings. The van der Waals surface area contributed by atoms with Gasteiger partial charge in [0.25, 0.3) is 0 Å². The van der Waals surface area contributed by atoms with Gasteiger partial charge >= 0.3 is 0 Å². The number of phenolic OH excluding ortho intramolecular Hbond substituents is 1. The van der Waals surface area contributed by atoms with Crippen LogP contribution in [0.2, 0.25) is 0 Å². The van der Waals surface area contributed by atoms with Crippen molar-refractivity contribution >= 4 is 0 Å². The molecular weight excluding hydrogens is 255 g/mol. The summed E-state index contributed by atoms with van der Waals surface area (Å²) in [5.41, 5.74) is 0.919. The van der Waals surface area contributed by atoms with Gasteiger partial charge < -0.3 is 10.4 Å². The molecule has 3 nitrogen and oxygen atoms in total. The Balaban J connectivity index is 1.99. The zero-order valence-electron chi connectivity index (χ0n) is 12.4. The molecule has 112 valence electrons. The maximum Gasteiger partial charge on any atom is 0.165 e. The Hall–Kier alpha value is -1.13. The second-order valence-electron chi connectivity index (χ2n) is 6.00. The molecule has 1 aromatic carbocycles. The predicted molar refractivity (Wildman–Crippen MR) is 79.2 cm³/mol. The van der Waals surface area contributed by atoms with Gasteiger partial charge in [0.1, 0.15) is 0 Å². The van der Waals surface area contributed by atoms with E-state index in [9.17, 15) is 9.50 Å². The lowest BCUT2D eigenvalue weighted by Crippen LogP contribution is -2.39. The van der Waals surface area contributed by atoms with E-state index in [1.807, 2.05) is 0 Å². The van der Waals surface area contributed by atoms with E-state index >= 15 is 0 Å². The molecule has 0 saturated carbocycles. The zero-order chi connectivity index (χ0) is 14.5. The number of aromatic hydroxyl groups is 1. The number of halogens is 1. The molecule has 0 bridgehead atoms. The molecule has 20 heavy (non-hydrogen) atoms. The predicted octanol–water partition coefficient (Wildman–Crippen LogP) is 2.74. The van der Waals surface area contributed by atoms with Crippen LogP contribution in [0.5, 0.6) is 5.75 Å². The van der Waals surface area contributed by atoms with E-state index < -0.39 is 5.82 Å². The van der Waals surface area contributed by atoms with Crippen LogP contribution in [0.4, 0.5) is 4.39 Å². The highest BCUT2D eigenvalue weighted by Crippen LogP contribution is 2.20. The third-order valence-corrected chi connectivity index (χ3v) is 4.08. The summed E-state index contributed by atoms with van der Waals surface area (Å²) in [6.45, 7) is 8.35. The van der Waals surface area contributed by atoms with E-state index in [0.717, 1.165) is 37.7 Å². The van der Waals surface area contributed by atoms with Crippen molar-refractivity contribution in [3.8, 4) is 5.75 Å². The van der Waals surface area contributed by atoms with Crippen LogP contribution in [-0.2, 0) is 6.54 Å². The normalized spacial score (nSPS) is 17.1. The maximum absolute atomic E-state index is 13.4. The second-order valence-corrected chi connectivity index (χ2v) is 6.00. The van der Waals surface area contributed by atoms with Crippen molar-refractivity contribution in [1.29, 1.82) is 0 Å². The molecule has 0 aromatic heterocycles. The van der Waals surface area contributed by atoms with Crippen molar-refractivity contribution in [3.05, 3.63) is 29.6 Å². The van der Waals surface area contributed by atoms with Crippen LogP contribution in [0.3, 0.4) is 0 Å². The fourth-order valence-electron chi connectivity index (χ4n) is 2.74. The minimum atomic E-state index is -0.534. The first-order chi connectivity index (χ1) is 9.56. The maximum atomic E-state index is 13.4. The molecule has 0 aliphatic carbocycles. The van der Waals surface area contributed by atoms with Gasteiger partial charge in [-0.15, -0.1) is 0 Å². The summed E-state index contributed by atoms with van der Waals surface area (Å²) in [7, 11) is 0. The van der Waals surface area contributed by atoms with Crippen molar-refractivity contribution in [1.82, 2.24) is 10.2 Å². The van der Waals surface area contributed by atoms with Gasteiger partial charge in [-0.2, -0.15) is 0 Å². The Labute approximate surface area is 120 Å². The molecule has 0 radical (unpaired) electrons. The molecule has 1 aliphatic rings. The number of piperidine rings is 1. The molecule has 0 spiro atoms. The fraction of sp³-hybridized carbons (Fsp3) is 0.625.